The van der Waals surface area contributed by atoms with Crippen molar-refractivity contribution in [2.45, 2.75) is 32.8 Å². The minimum absolute atomic E-state index is 0.455. The second-order valence-electron chi connectivity index (χ2n) is 7.28. The zero-order valence-corrected chi connectivity index (χ0v) is 17.9. The van der Waals surface area contributed by atoms with Crippen LogP contribution < -0.4 is 4.74 Å². The van der Waals surface area contributed by atoms with E-state index in [-0.39, 0.29) is 0 Å². The topological polar surface area (TPSA) is 44.1 Å². The number of nitrogens with zero attached hydrogens (tertiary/aromatic N) is 2. The maximum atomic E-state index is 11.3. The number of hydrogen-bond acceptors (Lipinski definition) is 4. The summed E-state index contributed by atoms with van der Waals surface area (Å²) < 4.78 is 8.00. The number of hydrogen-bond donors (Lipinski definition) is 0. The number of aldehydes is 1. The number of carbonyl (C=O) groups excluding carboxylic acids is 1. The Hall–Kier alpha value is -3.18. The van der Waals surface area contributed by atoms with Crippen LogP contribution in [0.3, 0.4) is 0 Å². The number of thiazole rings is 1. The van der Waals surface area contributed by atoms with Gasteiger partial charge < -0.3 is 4.74 Å². The van der Waals surface area contributed by atoms with Crippen LogP contribution in [0.25, 0.3) is 16.4 Å². The van der Waals surface area contributed by atoms with Crippen molar-refractivity contribution >= 4 is 17.6 Å². The molecule has 0 fully saturated rings. The summed E-state index contributed by atoms with van der Waals surface area (Å²) >= 11 is 1.51. The Bertz CT molecular complexity index is 1130. The Kier molecular flexibility index (Phi) is 6.10. The molecule has 1 atom stereocenters. The van der Waals surface area contributed by atoms with Gasteiger partial charge in [0.25, 0.3) is 0 Å². The van der Waals surface area contributed by atoms with Gasteiger partial charge in [-0.3, -0.25) is 9.36 Å². The molecule has 0 saturated carbocycles. The lowest BCUT2D eigenvalue weighted by atomic mass is 9.96. The molecule has 2 heterocycles. The van der Waals surface area contributed by atoms with Crippen LogP contribution in [0.4, 0.5) is 0 Å². The van der Waals surface area contributed by atoms with Gasteiger partial charge in [0.15, 0.2) is 11.4 Å². The average molecular weight is 417 g/mol. The minimum atomic E-state index is 0.455. The van der Waals surface area contributed by atoms with Crippen LogP contribution in [-0.2, 0) is 6.61 Å². The first-order valence-electron chi connectivity index (χ1n) is 10.1. The van der Waals surface area contributed by atoms with Gasteiger partial charge in [0.1, 0.15) is 12.4 Å². The second-order valence-corrected chi connectivity index (χ2v) is 8.11. The van der Waals surface area contributed by atoms with E-state index in [1.165, 1.54) is 16.9 Å². The molecule has 5 heteroatoms. The number of carbonyl (C=O) groups is 1. The van der Waals surface area contributed by atoms with Gasteiger partial charge in [-0.25, -0.2) is 4.98 Å². The van der Waals surface area contributed by atoms with Gasteiger partial charge in [0.05, 0.1) is 11.4 Å². The molecule has 0 aliphatic heterocycles. The van der Waals surface area contributed by atoms with E-state index in [0.717, 1.165) is 40.4 Å². The van der Waals surface area contributed by atoms with Gasteiger partial charge in [-0.1, -0.05) is 50.2 Å². The zero-order chi connectivity index (χ0) is 20.9. The Morgan fingerprint density at radius 1 is 1.13 bits per heavy atom. The summed E-state index contributed by atoms with van der Waals surface area (Å²) in [6.45, 7) is 4.92. The van der Waals surface area contributed by atoms with E-state index < -0.39 is 0 Å². The standard InChI is InChI=1S/C25H24N2O2S/c1-3-18(2)20-11-12-24(29-16-19-8-5-4-6-9-19)22(14-20)23-17-30-25(26-23)27-13-7-10-21(27)15-28/h4-15,17-18H,3,16H2,1-2H3. The summed E-state index contributed by atoms with van der Waals surface area (Å²) in [6, 6.07) is 20.1. The molecule has 4 aromatic rings. The van der Waals surface area contributed by atoms with Gasteiger partial charge >= 0.3 is 0 Å². The van der Waals surface area contributed by atoms with Crippen molar-refractivity contribution < 1.29 is 9.53 Å². The SMILES string of the molecule is CCC(C)c1ccc(OCc2ccccc2)c(-c2csc(-n3cccc3C=O)n2)c1. The number of rotatable bonds is 8. The minimum Gasteiger partial charge on any atom is -0.488 e. The van der Waals surface area contributed by atoms with Crippen molar-refractivity contribution in [1.82, 2.24) is 9.55 Å². The van der Waals surface area contributed by atoms with E-state index in [1.54, 1.807) is 6.07 Å². The highest BCUT2D eigenvalue weighted by molar-refractivity contribution is 7.12. The summed E-state index contributed by atoms with van der Waals surface area (Å²) in [6.07, 6.45) is 3.77. The summed E-state index contributed by atoms with van der Waals surface area (Å²) in [5, 5.41) is 2.79. The molecular formula is C25H24N2O2S. The molecule has 0 spiro atoms. The van der Waals surface area contributed by atoms with Gasteiger partial charge in [-0.15, -0.1) is 11.3 Å². The lowest BCUT2D eigenvalue weighted by Crippen LogP contribution is -2.00. The number of benzene rings is 2. The van der Waals surface area contributed by atoms with Crippen molar-refractivity contribution in [3.05, 3.63) is 89.1 Å². The van der Waals surface area contributed by atoms with Crippen molar-refractivity contribution in [2.24, 2.45) is 0 Å². The lowest BCUT2D eigenvalue weighted by molar-refractivity contribution is 0.111. The fourth-order valence-electron chi connectivity index (χ4n) is 3.31. The molecule has 1 unspecified atom stereocenters. The Labute approximate surface area is 180 Å². The molecule has 4 rings (SSSR count). The predicted molar refractivity (Wildman–Crippen MR) is 122 cm³/mol. The highest BCUT2D eigenvalue weighted by Crippen LogP contribution is 2.35. The third-order valence-electron chi connectivity index (χ3n) is 5.30. The third kappa shape index (κ3) is 4.21. The Morgan fingerprint density at radius 3 is 2.73 bits per heavy atom. The Balaban J connectivity index is 1.70. The second kappa shape index (κ2) is 9.09. The number of ether oxygens (including phenoxy) is 1. The van der Waals surface area contributed by atoms with E-state index in [4.69, 9.17) is 9.72 Å². The maximum Gasteiger partial charge on any atom is 0.194 e. The van der Waals surface area contributed by atoms with Crippen LogP contribution in [0.1, 0.15) is 47.8 Å². The van der Waals surface area contributed by atoms with Crippen molar-refractivity contribution in [1.29, 1.82) is 0 Å². The van der Waals surface area contributed by atoms with E-state index in [9.17, 15) is 4.79 Å². The van der Waals surface area contributed by atoms with Crippen molar-refractivity contribution in [2.75, 3.05) is 0 Å². The number of aromatic nitrogens is 2. The lowest BCUT2D eigenvalue weighted by Gasteiger charge is -2.15. The van der Waals surface area contributed by atoms with Crippen LogP contribution in [0.5, 0.6) is 5.75 Å². The van der Waals surface area contributed by atoms with Crippen LogP contribution in [0.2, 0.25) is 0 Å². The molecule has 2 aromatic heterocycles. The first-order valence-corrected chi connectivity index (χ1v) is 11.0. The van der Waals surface area contributed by atoms with Crippen molar-refractivity contribution in [3.8, 4) is 22.1 Å². The molecule has 0 aliphatic carbocycles. The van der Waals surface area contributed by atoms with Gasteiger partial charge in [-0.2, -0.15) is 0 Å². The molecule has 0 aliphatic rings. The maximum absolute atomic E-state index is 11.3. The molecule has 0 amide bonds. The molecule has 0 radical (unpaired) electrons. The van der Waals surface area contributed by atoms with E-state index in [2.05, 4.69) is 38.1 Å². The fourth-order valence-corrected chi connectivity index (χ4v) is 4.14. The van der Waals surface area contributed by atoms with Crippen LogP contribution in [0, 0.1) is 0 Å². The fraction of sp³-hybridized carbons (Fsp3) is 0.200. The van der Waals surface area contributed by atoms with Crippen LogP contribution >= 0.6 is 11.3 Å². The quantitative estimate of drug-likeness (QED) is 0.308. The highest BCUT2D eigenvalue weighted by Gasteiger charge is 2.15. The van der Waals surface area contributed by atoms with E-state index in [0.29, 0.717) is 18.2 Å². The monoisotopic (exact) mass is 416 g/mol. The molecule has 30 heavy (non-hydrogen) atoms. The zero-order valence-electron chi connectivity index (χ0n) is 17.1. The molecule has 0 N–H and O–H groups in total. The normalized spacial score (nSPS) is 11.9. The Morgan fingerprint density at radius 2 is 1.97 bits per heavy atom. The predicted octanol–water partition coefficient (Wildman–Crippen LogP) is 6.51. The molecule has 2 aromatic carbocycles. The van der Waals surface area contributed by atoms with Gasteiger partial charge in [0.2, 0.25) is 0 Å². The average Bonchev–Trinajstić information content (AvgIpc) is 3.47. The summed E-state index contributed by atoms with van der Waals surface area (Å²) in [4.78, 5) is 16.1. The summed E-state index contributed by atoms with van der Waals surface area (Å²) in [5.41, 5.74) is 4.81. The van der Waals surface area contributed by atoms with Gasteiger partial charge in [0, 0.05) is 17.1 Å². The first-order chi connectivity index (χ1) is 14.7. The molecule has 4 nitrogen and oxygen atoms in total. The molecular weight excluding hydrogens is 392 g/mol. The van der Waals surface area contributed by atoms with E-state index >= 15 is 0 Å². The smallest absolute Gasteiger partial charge is 0.194 e. The highest BCUT2D eigenvalue weighted by atomic mass is 32.1. The first kappa shape index (κ1) is 20.1. The van der Waals surface area contributed by atoms with Gasteiger partial charge in [-0.05, 0) is 47.7 Å². The third-order valence-corrected chi connectivity index (χ3v) is 6.14. The molecule has 0 saturated heterocycles. The summed E-state index contributed by atoms with van der Waals surface area (Å²) in [5.74, 6) is 1.27. The molecule has 0 bridgehead atoms. The molecule has 152 valence electrons. The van der Waals surface area contributed by atoms with Crippen molar-refractivity contribution in [3.63, 3.8) is 0 Å². The van der Waals surface area contributed by atoms with Crippen LogP contribution in [0.15, 0.2) is 72.2 Å². The van der Waals surface area contributed by atoms with E-state index in [1.807, 2.05) is 46.5 Å². The summed E-state index contributed by atoms with van der Waals surface area (Å²) in [7, 11) is 0. The van der Waals surface area contributed by atoms with Crippen LogP contribution in [-0.4, -0.2) is 15.8 Å². The largest absolute Gasteiger partial charge is 0.488 e.